The Morgan fingerprint density at radius 3 is 2.50 bits per heavy atom. The van der Waals surface area contributed by atoms with E-state index in [-0.39, 0.29) is 5.91 Å². The second kappa shape index (κ2) is 4.66. The van der Waals surface area contributed by atoms with Crippen LogP contribution in [0.5, 0.6) is 0 Å². The molecule has 1 heterocycles. The predicted molar refractivity (Wildman–Crippen MR) is 64.4 cm³/mol. The number of hydrogen-bond donors (Lipinski definition) is 1. The minimum absolute atomic E-state index is 0.0610. The fourth-order valence-corrected chi connectivity index (χ4v) is 2.09. The molecule has 16 heavy (non-hydrogen) atoms. The van der Waals surface area contributed by atoms with Gasteiger partial charge in [-0.2, -0.15) is 0 Å². The summed E-state index contributed by atoms with van der Waals surface area (Å²) in [6.07, 6.45) is 2.43. The van der Waals surface area contributed by atoms with Gasteiger partial charge in [-0.15, -0.1) is 0 Å². The number of rotatable bonds is 2. The van der Waals surface area contributed by atoms with E-state index < -0.39 is 0 Å². The Balaban J connectivity index is 2.12. The Morgan fingerprint density at radius 1 is 1.31 bits per heavy atom. The molecule has 1 fully saturated rings. The highest BCUT2D eigenvalue weighted by molar-refractivity contribution is 5.93. The van der Waals surface area contributed by atoms with Crippen LogP contribution in [0.1, 0.15) is 34.8 Å². The van der Waals surface area contributed by atoms with E-state index in [1.165, 1.54) is 18.4 Å². The topological polar surface area (TPSA) is 32.3 Å². The maximum Gasteiger partial charge on any atom is 0.253 e. The summed E-state index contributed by atoms with van der Waals surface area (Å²) < 4.78 is 0. The van der Waals surface area contributed by atoms with Crippen LogP contribution >= 0.6 is 0 Å². The van der Waals surface area contributed by atoms with Crippen molar-refractivity contribution in [1.82, 2.24) is 10.2 Å². The standard InChI is InChI=1S/C13H18N2O/c1-15(2)13(16)11-7-5-10(6-8-11)12-4-3-9-14-12/h5-8,12,14H,3-4,9H2,1-2H3. The van der Waals surface area contributed by atoms with Crippen LogP contribution in [0.4, 0.5) is 0 Å². The first-order valence-corrected chi connectivity index (χ1v) is 5.73. The first-order chi connectivity index (χ1) is 7.68. The number of amides is 1. The third-order valence-corrected chi connectivity index (χ3v) is 3.03. The molecule has 0 bridgehead atoms. The molecule has 1 aromatic rings. The Hall–Kier alpha value is -1.35. The largest absolute Gasteiger partial charge is 0.345 e. The Morgan fingerprint density at radius 2 is 2.00 bits per heavy atom. The smallest absolute Gasteiger partial charge is 0.253 e. The lowest BCUT2D eigenvalue weighted by atomic mass is 10.0. The van der Waals surface area contributed by atoms with Crippen molar-refractivity contribution in [2.45, 2.75) is 18.9 Å². The van der Waals surface area contributed by atoms with Crippen molar-refractivity contribution in [2.75, 3.05) is 20.6 Å². The van der Waals surface area contributed by atoms with E-state index in [4.69, 9.17) is 0 Å². The summed E-state index contributed by atoms with van der Waals surface area (Å²) in [7, 11) is 3.55. The Kier molecular flexibility index (Phi) is 3.25. The van der Waals surface area contributed by atoms with Crippen LogP contribution in [-0.4, -0.2) is 31.4 Å². The van der Waals surface area contributed by atoms with Gasteiger partial charge in [0, 0.05) is 25.7 Å². The normalized spacial score (nSPS) is 19.8. The number of nitrogens with one attached hydrogen (secondary N) is 1. The molecule has 1 aliphatic heterocycles. The molecule has 3 heteroatoms. The average Bonchev–Trinajstić information content (AvgIpc) is 2.81. The molecule has 1 N–H and O–H groups in total. The van der Waals surface area contributed by atoms with Gasteiger partial charge in [-0.25, -0.2) is 0 Å². The first-order valence-electron chi connectivity index (χ1n) is 5.73. The number of nitrogens with zero attached hydrogens (tertiary/aromatic N) is 1. The van der Waals surface area contributed by atoms with Gasteiger partial charge in [0.05, 0.1) is 0 Å². The number of carbonyl (C=O) groups excluding carboxylic acids is 1. The van der Waals surface area contributed by atoms with Gasteiger partial charge in [-0.3, -0.25) is 4.79 Å². The van der Waals surface area contributed by atoms with Crippen molar-refractivity contribution in [3.05, 3.63) is 35.4 Å². The van der Waals surface area contributed by atoms with E-state index >= 15 is 0 Å². The van der Waals surface area contributed by atoms with E-state index in [9.17, 15) is 4.79 Å². The summed E-state index contributed by atoms with van der Waals surface area (Å²) in [5, 5.41) is 3.45. The first kappa shape index (κ1) is 11.1. The monoisotopic (exact) mass is 218 g/mol. The maximum atomic E-state index is 11.7. The van der Waals surface area contributed by atoms with Gasteiger partial charge < -0.3 is 10.2 Å². The lowest BCUT2D eigenvalue weighted by Crippen LogP contribution is -2.21. The van der Waals surface area contributed by atoms with Crippen molar-refractivity contribution >= 4 is 5.91 Å². The van der Waals surface area contributed by atoms with Crippen LogP contribution in [0.2, 0.25) is 0 Å². The van der Waals surface area contributed by atoms with Gasteiger partial charge in [0.15, 0.2) is 0 Å². The molecule has 0 spiro atoms. The molecular formula is C13H18N2O. The Bertz CT molecular complexity index is 364. The molecule has 1 aromatic carbocycles. The molecule has 1 saturated heterocycles. The quantitative estimate of drug-likeness (QED) is 0.821. The van der Waals surface area contributed by atoms with E-state index in [0.29, 0.717) is 6.04 Å². The van der Waals surface area contributed by atoms with Gasteiger partial charge in [0.1, 0.15) is 0 Å². The van der Waals surface area contributed by atoms with E-state index in [1.807, 2.05) is 12.1 Å². The summed E-state index contributed by atoms with van der Waals surface area (Å²) >= 11 is 0. The molecule has 3 nitrogen and oxygen atoms in total. The van der Waals surface area contributed by atoms with Crippen LogP contribution < -0.4 is 5.32 Å². The van der Waals surface area contributed by atoms with Crippen molar-refractivity contribution in [1.29, 1.82) is 0 Å². The van der Waals surface area contributed by atoms with Gasteiger partial charge in [0.2, 0.25) is 0 Å². The van der Waals surface area contributed by atoms with Crippen LogP contribution in [0, 0.1) is 0 Å². The van der Waals surface area contributed by atoms with Crippen LogP contribution in [0.3, 0.4) is 0 Å². The molecule has 0 radical (unpaired) electrons. The van der Waals surface area contributed by atoms with Crippen molar-refractivity contribution in [3.63, 3.8) is 0 Å². The predicted octanol–water partition coefficient (Wildman–Crippen LogP) is 1.81. The fraction of sp³-hybridized carbons (Fsp3) is 0.462. The van der Waals surface area contributed by atoms with Gasteiger partial charge >= 0.3 is 0 Å². The summed E-state index contributed by atoms with van der Waals surface area (Å²) in [6, 6.07) is 8.41. The molecule has 1 aliphatic rings. The van der Waals surface area contributed by atoms with E-state index in [2.05, 4.69) is 17.4 Å². The summed E-state index contributed by atoms with van der Waals surface area (Å²) in [6.45, 7) is 1.10. The highest BCUT2D eigenvalue weighted by atomic mass is 16.2. The second-order valence-corrected chi connectivity index (χ2v) is 4.47. The highest BCUT2D eigenvalue weighted by Crippen LogP contribution is 2.23. The number of benzene rings is 1. The fourth-order valence-electron chi connectivity index (χ4n) is 2.09. The molecule has 1 unspecified atom stereocenters. The lowest BCUT2D eigenvalue weighted by Gasteiger charge is -2.13. The molecule has 0 aliphatic carbocycles. The summed E-state index contributed by atoms with van der Waals surface area (Å²) in [5.74, 6) is 0.0610. The summed E-state index contributed by atoms with van der Waals surface area (Å²) in [4.78, 5) is 13.3. The second-order valence-electron chi connectivity index (χ2n) is 4.47. The maximum absolute atomic E-state index is 11.7. The zero-order valence-corrected chi connectivity index (χ0v) is 9.86. The molecule has 0 saturated carbocycles. The molecule has 2 rings (SSSR count). The number of hydrogen-bond acceptors (Lipinski definition) is 2. The third kappa shape index (κ3) is 2.25. The minimum atomic E-state index is 0.0610. The van der Waals surface area contributed by atoms with Gasteiger partial charge in [-0.1, -0.05) is 12.1 Å². The zero-order valence-electron chi connectivity index (χ0n) is 9.86. The highest BCUT2D eigenvalue weighted by Gasteiger charge is 2.16. The zero-order chi connectivity index (χ0) is 11.5. The van der Waals surface area contributed by atoms with Crippen molar-refractivity contribution < 1.29 is 4.79 Å². The van der Waals surface area contributed by atoms with Crippen molar-refractivity contribution in [3.8, 4) is 0 Å². The van der Waals surface area contributed by atoms with Crippen LogP contribution in [0.25, 0.3) is 0 Å². The molecular weight excluding hydrogens is 200 g/mol. The minimum Gasteiger partial charge on any atom is -0.345 e. The van der Waals surface area contributed by atoms with Gasteiger partial charge in [-0.05, 0) is 37.1 Å². The SMILES string of the molecule is CN(C)C(=O)c1ccc(C2CCCN2)cc1. The average molecular weight is 218 g/mol. The summed E-state index contributed by atoms with van der Waals surface area (Å²) in [5.41, 5.74) is 2.04. The molecule has 86 valence electrons. The van der Waals surface area contributed by atoms with Crippen molar-refractivity contribution in [2.24, 2.45) is 0 Å². The number of carbonyl (C=O) groups is 1. The molecule has 0 aromatic heterocycles. The lowest BCUT2D eigenvalue weighted by molar-refractivity contribution is 0.0827. The van der Waals surface area contributed by atoms with Crippen LogP contribution in [-0.2, 0) is 0 Å². The van der Waals surface area contributed by atoms with E-state index in [1.54, 1.807) is 19.0 Å². The van der Waals surface area contributed by atoms with Gasteiger partial charge in [0.25, 0.3) is 5.91 Å². The van der Waals surface area contributed by atoms with Crippen LogP contribution in [0.15, 0.2) is 24.3 Å². The van der Waals surface area contributed by atoms with E-state index in [0.717, 1.165) is 12.1 Å². The third-order valence-electron chi connectivity index (χ3n) is 3.03. The molecule has 1 amide bonds. The Labute approximate surface area is 96.5 Å². The molecule has 1 atom stereocenters.